The number of hydrogen-bond acceptors (Lipinski definition) is 7. The minimum Gasteiger partial charge on any atom is -0.494 e. The minimum atomic E-state index is -0.753. The molecule has 0 unspecified atom stereocenters. The van der Waals surface area contributed by atoms with Gasteiger partial charge in [-0.05, 0) is 49.4 Å². The summed E-state index contributed by atoms with van der Waals surface area (Å²) in [4.78, 5) is 47.5. The monoisotopic (exact) mass is 412 g/mol. The number of esters is 1. The molecule has 9 heteroatoms. The van der Waals surface area contributed by atoms with E-state index in [4.69, 9.17) is 14.2 Å². The van der Waals surface area contributed by atoms with Gasteiger partial charge in [0.1, 0.15) is 18.0 Å². The van der Waals surface area contributed by atoms with Crippen molar-refractivity contribution in [1.29, 1.82) is 0 Å². The molecular formula is C21H20N2O7. The van der Waals surface area contributed by atoms with Crippen LogP contribution in [0.4, 0.5) is 5.69 Å². The molecule has 3 rings (SSSR count). The maximum atomic E-state index is 12.2. The van der Waals surface area contributed by atoms with Gasteiger partial charge in [-0.1, -0.05) is 0 Å². The Kier molecular flexibility index (Phi) is 6.63. The van der Waals surface area contributed by atoms with Crippen LogP contribution in [0.3, 0.4) is 0 Å². The van der Waals surface area contributed by atoms with Crippen molar-refractivity contribution in [3.8, 4) is 11.5 Å². The molecule has 2 aromatic rings. The molecule has 0 bridgehead atoms. The Balaban J connectivity index is 1.46. The van der Waals surface area contributed by atoms with E-state index in [9.17, 15) is 19.2 Å². The molecule has 0 spiro atoms. The van der Waals surface area contributed by atoms with E-state index >= 15 is 0 Å². The third-order valence-electron chi connectivity index (χ3n) is 4.12. The number of hydrogen-bond donors (Lipinski definition) is 2. The Morgan fingerprint density at radius 3 is 2.57 bits per heavy atom. The third-order valence-corrected chi connectivity index (χ3v) is 4.12. The fourth-order valence-corrected chi connectivity index (χ4v) is 2.66. The van der Waals surface area contributed by atoms with Gasteiger partial charge < -0.3 is 24.8 Å². The summed E-state index contributed by atoms with van der Waals surface area (Å²) in [6.07, 6.45) is 0. The SMILES string of the molecule is CCOc1ccc(C(=O)NCC(=O)OCC(=O)c2ccc3c(c2)NC(=O)CO3)cc1. The number of amides is 2. The van der Waals surface area contributed by atoms with Crippen molar-refractivity contribution in [1.82, 2.24) is 5.32 Å². The number of ketones is 1. The number of anilines is 1. The fourth-order valence-electron chi connectivity index (χ4n) is 2.66. The first-order valence-corrected chi connectivity index (χ1v) is 9.23. The van der Waals surface area contributed by atoms with Crippen molar-refractivity contribution in [3.63, 3.8) is 0 Å². The molecule has 156 valence electrons. The molecule has 9 nitrogen and oxygen atoms in total. The Morgan fingerprint density at radius 1 is 1.10 bits per heavy atom. The molecule has 2 aromatic carbocycles. The summed E-state index contributed by atoms with van der Waals surface area (Å²) in [5.41, 5.74) is 0.998. The lowest BCUT2D eigenvalue weighted by Crippen LogP contribution is -2.31. The second kappa shape index (κ2) is 9.55. The van der Waals surface area contributed by atoms with E-state index in [1.807, 2.05) is 6.92 Å². The smallest absolute Gasteiger partial charge is 0.325 e. The Hall–Kier alpha value is -3.88. The zero-order valence-electron chi connectivity index (χ0n) is 16.2. The van der Waals surface area contributed by atoms with Gasteiger partial charge in [0.05, 0.1) is 12.3 Å². The highest BCUT2D eigenvalue weighted by molar-refractivity contribution is 6.02. The van der Waals surface area contributed by atoms with E-state index in [1.54, 1.807) is 30.3 Å². The summed E-state index contributed by atoms with van der Waals surface area (Å²) >= 11 is 0. The van der Waals surface area contributed by atoms with E-state index in [1.165, 1.54) is 12.1 Å². The molecule has 1 heterocycles. The first-order chi connectivity index (χ1) is 14.5. The lowest BCUT2D eigenvalue weighted by atomic mass is 10.1. The molecule has 2 N–H and O–H groups in total. The van der Waals surface area contributed by atoms with Gasteiger partial charge in [-0.25, -0.2) is 0 Å². The average molecular weight is 412 g/mol. The standard InChI is InChI=1S/C21H20N2O7/c1-2-28-15-6-3-13(4-7-15)21(27)22-10-20(26)30-11-17(24)14-5-8-18-16(9-14)23-19(25)12-29-18/h3-9H,2,10-12H2,1H3,(H,22,27)(H,23,25). The van der Waals surface area contributed by atoms with Crippen molar-refractivity contribution >= 4 is 29.3 Å². The molecule has 2 amide bonds. The number of carbonyl (C=O) groups excluding carboxylic acids is 4. The van der Waals surface area contributed by atoms with Crippen molar-refractivity contribution in [2.75, 3.05) is 31.7 Å². The van der Waals surface area contributed by atoms with Crippen LogP contribution < -0.4 is 20.1 Å². The predicted molar refractivity (Wildman–Crippen MR) is 106 cm³/mol. The predicted octanol–water partition coefficient (Wildman–Crippen LogP) is 1.57. The van der Waals surface area contributed by atoms with E-state index in [0.29, 0.717) is 29.4 Å². The number of benzene rings is 2. The first-order valence-electron chi connectivity index (χ1n) is 9.23. The van der Waals surface area contributed by atoms with Crippen LogP contribution in [-0.4, -0.2) is 49.9 Å². The Morgan fingerprint density at radius 2 is 1.83 bits per heavy atom. The maximum absolute atomic E-state index is 12.2. The summed E-state index contributed by atoms with van der Waals surface area (Å²) in [6.45, 7) is 1.41. The number of fused-ring (bicyclic) bond motifs is 1. The van der Waals surface area contributed by atoms with Crippen LogP contribution in [0.1, 0.15) is 27.6 Å². The maximum Gasteiger partial charge on any atom is 0.325 e. The number of Topliss-reactive ketones (excluding diaryl/α,β-unsaturated/α-hetero) is 1. The Labute approximate surface area is 172 Å². The summed E-state index contributed by atoms with van der Waals surface area (Å²) in [5.74, 6) is -0.880. The highest BCUT2D eigenvalue weighted by Gasteiger charge is 2.18. The van der Waals surface area contributed by atoms with Crippen LogP contribution in [0.25, 0.3) is 0 Å². The minimum absolute atomic E-state index is 0.0830. The number of carbonyl (C=O) groups is 4. The second-order valence-corrected chi connectivity index (χ2v) is 6.27. The molecule has 0 saturated carbocycles. The largest absolute Gasteiger partial charge is 0.494 e. The molecule has 0 radical (unpaired) electrons. The van der Waals surface area contributed by atoms with Gasteiger partial charge in [0.25, 0.3) is 11.8 Å². The van der Waals surface area contributed by atoms with Crippen LogP contribution in [0.2, 0.25) is 0 Å². The summed E-state index contributed by atoms with van der Waals surface area (Å²) in [6, 6.07) is 11.0. The molecule has 1 aliphatic rings. The summed E-state index contributed by atoms with van der Waals surface area (Å²) in [5, 5.41) is 5.03. The molecule has 0 atom stereocenters. The summed E-state index contributed by atoms with van der Waals surface area (Å²) < 4.78 is 15.4. The first kappa shape index (κ1) is 20.8. The number of rotatable bonds is 8. The third kappa shape index (κ3) is 5.34. The normalized spacial score (nSPS) is 12.1. The van der Waals surface area contributed by atoms with Gasteiger partial charge >= 0.3 is 5.97 Å². The zero-order valence-corrected chi connectivity index (χ0v) is 16.2. The van der Waals surface area contributed by atoms with E-state index in [-0.39, 0.29) is 24.6 Å². The molecule has 30 heavy (non-hydrogen) atoms. The topological polar surface area (TPSA) is 120 Å². The van der Waals surface area contributed by atoms with E-state index in [2.05, 4.69) is 10.6 Å². The van der Waals surface area contributed by atoms with Crippen molar-refractivity contribution in [3.05, 3.63) is 53.6 Å². The quantitative estimate of drug-likeness (QED) is 0.499. The van der Waals surface area contributed by atoms with Crippen LogP contribution in [0.15, 0.2) is 42.5 Å². The number of ether oxygens (including phenoxy) is 3. The molecule has 0 aliphatic carbocycles. The van der Waals surface area contributed by atoms with Crippen molar-refractivity contribution < 1.29 is 33.4 Å². The van der Waals surface area contributed by atoms with Gasteiger partial charge in [0.15, 0.2) is 19.0 Å². The summed E-state index contributed by atoms with van der Waals surface area (Å²) in [7, 11) is 0. The fraction of sp³-hybridized carbons (Fsp3) is 0.238. The van der Waals surface area contributed by atoms with Crippen LogP contribution in [-0.2, 0) is 14.3 Å². The van der Waals surface area contributed by atoms with Gasteiger partial charge in [0.2, 0.25) is 0 Å². The highest BCUT2D eigenvalue weighted by Crippen LogP contribution is 2.28. The van der Waals surface area contributed by atoms with Gasteiger partial charge in [-0.15, -0.1) is 0 Å². The molecular weight excluding hydrogens is 392 g/mol. The lowest BCUT2D eigenvalue weighted by Gasteiger charge is -2.18. The van der Waals surface area contributed by atoms with Crippen LogP contribution in [0.5, 0.6) is 11.5 Å². The van der Waals surface area contributed by atoms with Gasteiger partial charge in [-0.3, -0.25) is 19.2 Å². The van der Waals surface area contributed by atoms with Crippen LogP contribution >= 0.6 is 0 Å². The Bertz CT molecular complexity index is 970. The van der Waals surface area contributed by atoms with Gasteiger partial charge in [-0.2, -0.15) is 0 Å². The molecule has 0 saturated heterocycles. The lowest BCUT2D eigenvalue weighted by molar-refractivity contribution is -0.141. The number of nitrogens with one attached hydrogen (secondary N) is 2. The highest BCUT2D eigenvalue weighted by atomic mass is 16.5. The second-order valence-electron chi connectivity index (χ2n) is 6.27. The average Bonchev–Trinajstić information content (AvgIpc) is 2.76. The molecule has 1 aliphatic heterocycles. The molecule has 0 aromatic heterocycles. The van der Waals surface area contributed by atoms with Crippen LogP contribution in [0, 0.1) is 0 Å². The molecule has 0 fully saturated rings. The zero-order chi connectivity index (χ0) is 21.5. The van der Waals surface area contributed by atoms with Crippen molar-refractivity contribution in [2.45, 2.75) is 6.92 Å². The van der Waals surface area contributed by atoms with Crippen molar-refractivity contribution in [2.24, 2.45) is 0 Å². The van der Waals surface area contributed by atoms with E-state index < -0.39 is 24.3 Å². The van der Waals surface area contributed by atoms with Gasteiger partial charge in [0, 0.05) is 11.1 Å². The van der Waals surface area contributed by atoms with E-state index in [0.717, 1.165) is 0 Å².